The largest absolute Gasteiger partial charge is 0.490 e. The van der Waals surface area contributed by atoms with Crippen LogP contribution in [0.15, 0.2) is 48.5 Å². The van der Waals surface area contributed by atoms with E-state index >= 15 is 0 Å². The summed E-state index contributed by atoms with van der Waals surface area (Å²) < 4.78 is 11.8. The summed E-state index contributed by atoms with van der Waals surface area (Å²) in [7, 11) is 0. The Morgan fingerprint density at radius 3 is 2.69 bits per heavy atom. The molecule has 5 heteroatoms. The summed E-state index contributed by atoms with van der Waals surface area (Å²) in [5, 5.41) is 7.91. The molecule has 0 atom stereocenters. The van der Waals surface area contributed by atoms with E-state index in [0.717, 1.165) is 48.8 Å². The van der Waals surface area contributed by atoms with Crippen LogP contribution in [0.1, 0.15) is 37.6 Å². The fourth-order valence-corrected chi connectivity index (χ4v) is 3.84. The number of rotatable bonds is 7. The molecule has 0 bridgehead atoms. The Hall–Kier alpha value is -2.79. The normalized spacial score (nSPS) is 14.1. The van der Waals surface area contributed by atoms with Crippen molar-refractivity contribution in [3.63, 3.8) is 0 Å². The SMILES string of the molecule is CCOc1cc(-c2n[nH]c3c2CN(Cc2ccccc2)CC3)ccc1OC(C)C. The first-order valence-electron chi connectivity index (χ1n) is 10.4. The molecule has 1 N–H and O–H groups in total. The lowest BCUT2D eigenvalue weighted by molar-refractivity contribution is 0.224. The molecular weight excluding hydrogens is 362 g/mol. The molecule has 29 heavy (non-hydrogen) atoms. The third-order valence-corrected chi connectivity index (χ3v) is 5.14. The number of hydrogen-bond donors (Lipinski definition) is 1. The minimum Gasteiger partial charge on any atom is -0.490 e. The summed E-state index contributed by atoms with van der Waals surface area (Å²) in [6.45, 7) is 9.52. The summed E-state index contributed by atoms with van der Waals surface area (Å²) in [6, 6.07) is 16.8. The maximum atomic E-state index is 5.90. The van der Waals surface area contributed by atoms with Crippen LogP contribution in [-0.4, -0.2) is 34.4 Å². The standard InChI is InChI=1S/C24H29N3O2/c1-4-28-23-14-19(10-11-22(23)29-17(2)3)24-20-16-27(13-12-21(20)25-26-24)15-18-8-6-5-7-9-18/h5-11,14,17H,4,12-13,15-16H2,1-3H3,(H,25,26). The molecule has 0 amide bonds. The molecular formula is C24H29N3O2. The van der Waals surface area contributed by atoms with E-state index in [1.165, 1.54) is 16.8 Å². The topological polar surface area (TPSA) is 50.4 Å². The summed E-state index contributed by atoms with van der Waals surface area (Å²) in [4.78, 5) is 2.48. The van der Waals surface area contributed by atoms with E-state index in [4.69, 9.17) is 9.47 Å². The zero-order chi connectivity index (χ0) is 20.2. The van der Waals surface area contributed by atoms with E-state index in [9.17, 15) is 0 Å². The van der Waals surface area contributed by atoms with Crippen molar-refractivity contribution in [1.82, 2.24) is 15.1 Å². The van der Waals surface area contributed by atoms with Gasteiger partial charge in [-0.15, -0.1) is 0 Å². The Kier molecular flexibility index (Phi) is 5.86. The minimum absolute atomic E-state index is 0.102. The van der Waals surface area contributed by atoms with Gasteiger partial charge in [-0.2, -0.15) is 5.10 Å². The van der Waals surface area contributed by atoms with Crippen molar-refractivity contribution in [3.05, 3.63) is 65.4 Å². The van der Waals surface area contributed by atoms with Gasteiger partial charge in [-0.05, 0) is 44.5 Å². The Bertz CT molecular complexity index is 950. The highest BCUT2D eigenvalue weighted by Crippen LogP contribution is 2.36. The van der Waals surface area contributed by atoms with Gasteiger partial charge < -0.3 is 9.47 Å². The minimum atomic E-state index is 0.102. The second-order valence-corrected chi connectivity index (χ2v) is 7.74. The second-order valence-electron chi connectivity index (χ2n) is 7.74. The van der Waals surface area contributed by atoms with Crippen LogP contribution in [0.3, 0.4) is 0 Å². The molecule has 2 aromatic carbocycles. The van der Waals surface area contributed by atoms with Crippen molar-refractivity contribution in [2.45, 2.75) is 46.4 Å². The van der Waals surface area contributed by atoms with Crippen molar-refractivity contribution in [1.29, 1.82) is 0 Å². The molecule has 0 aliphatic carbocycles. The van der Waals surface area contributed by atoms with Gasteiger partial charge in [0, 0.05) is 42.9 Å². The molecule has 1 aliphatic heterocycles. The van der Waals surface area contributed by atoms with Gasteiger partial charge >= 0.3 is 0 Å². The lowest BCUT2D eigenvalue weighted by atomic mass is 10.00. The van der Waals surface area contributed by atoms with Crippen LogP contribution in [0, 0.1) is 0 Å². The predicted octanol–water partition coefficient (Wildman–Crippen LogP) is 4.82. The van der Waals surface area contributed by atoms with Gasteiger partial charge in [0.05, 0.1) is 18.4 Å². The van der Waals surface area contributed by atoms with E-state index in [1.807, 2.05) is 32.9 Å². The zero-order valence-electron chi connectivity index (χ0n) is 17.4. The quantitative estimate of drug-likeness (QED) is 0.627. The highest BCUT2D eigenvalue weighted by atomic mass is 16.5. The Labute approximate surface area is 172 Å². The van der Waals surface area contributed by atoms with Crippen molar-refractivity contribution in [2.75, 3.05) is 13.2 Å². The lowest BCUT2D eigenvalue weighted by Crippen LogP contribution is -2.29. The molecule has 0 radical (unpaired) electrons. The van der Waals surface area contributed by atoms with Gasteiger partial charge in [-0.3, -0.25) is 10.00 Å². The summed E-state index contributed by atoms with van der Waals surface area (Å²) in [5.41, 5.74) is 5.94. The van der Waals surface area contributed by atoms with Gasteiger partial charge in [-0.1, -0.05) is 30.3 Å². The number of ether oxygens (including phenoxy) is 2. The average molecular weight is 392 g/mol. The van der Waals surface area contributed by atoms with Gasteiger partial charge in [0.1, 0.15) is 0 Å². The maximum Gasteiger partial charge on any atom is 0.161 e. The van der Waals surface area contributed by atoms with Crippen LogP contribution < -0.4 is 9.47 Å². The van der Waals surface area contributed by atoms with Crippen LogP contribution in [0.4, 0.5) is 0 Å². The molecule has 5 nitrogen and oxygen atoms in total. The number of nitrogens with zero attached hydrogens (tertiary/aromatic N) is 2. The summed E-state index contributed by atoms with van der Waals surface area (Å²) in [6.07, 6.45) is 1.09. The average Bonchev–Trinajstić information content (AvgIpc) is 3.13. The molecule has 4 rings (SSSR count). The fourth-order valence-electron chi connectivity index (χ4n) is 3.84. The van der Waals surface area contributed by atoms with Crippen molar-refractivity contribution in [2.24, 2.45) is 0 Å². The molecule has 0 unspecified atom stereocenters. The molecule has 1 aromatic heterocycles. The van der Waals surface area contributed by atoms with Gasteiger partial charge in [-0.25, -0.2) is 0 Å². The maximum absolute atomic E-state index is 5.90. The number of aromatic nitrogens is 2. The van der Waals surface area contributed by atoms with E-state index in [1.54, 1.807) is 0 Å². The second kappa shape index (κ2) is 8.70. The lowest BCUT2D eigenvalue weighted by Gasteiger charge is -2.27. The van der Waals surface area contributed by atoms with Crippen LogP contribution in [0.2, 0.25) is 0 Å². The number of fused-ring (bicyclic) bond motifs is 1. The van der Waals surface area contributed by atoms with Gasteiger partial charge in [0.15, 0.2) is 11.5 Å². The number of aromatic amines is 1. The Balaban J connectivity index is 1.59. The fraction of sp³-hybridized carbons (Fsp3) is 0.375. The van der Waals surface area contributed by atoms with E-state index < -0.39 is 0 Å². The molecule has 3 aromatic rings. The van der Waals surface area contributed by atoms with Crippen LogP contribution >= 0.6 is 0 Å². The molecule has 0 saturated carbocycles. The summed E-state index contributed by atoms with van der Waals surface area (Å²) >= 11 is 0. The van der Waals surface area contributed by atoms with E-state index in [2.05, 4.69) is 51.5 Å². The third kappa shape index (κ3) is 4.46. The van der Waals surface area contributed by atoms with Crippen molar-refractivity contribution < 1.29 is 9.47 Å². The molecule has 0 saturated heterocycles. The van der Waals surface area contributed by atoms with Crippen molar-refractivity contribution >= 4 is 0 Å². The first kappa shape index (κ1) is 19.5. The number of H-pyrrole nitrogens is 1. The molecule has 152 valence electrons. The number of nitrogens with one attached hydrogen (secondary N) is 1. The molecule has 1 aliphatic rings. The number of benzene rings is 2. The first-order valence-corrected chi connectivity index (χ1v) is 10.4. The molecule has 0 fully saturated rings. The zero-order valence-corrected chi connectivity index (χ0v) is 17.4. The molecule has 2 heterocycles. The highest BCUT2D eigenvalue weighted by molar-refractivity contribution is 5.68. The van der Waals surface area contributed by atoms with Crippen LogP contribution in [-0.2, 0) is 19.5 Å². The van der Waals surface area contributed by atoms with Crippen molar-refractivity contribution in [3.8, 4) is 22.8 Å². The van der Waals surface area contributed by atoms with Gasteiger partial charge in [0.25, 0.3) is 0 Å². The number of hydrogen-bond acceptors (Lipinski definition) is 4. The van der Waals surface area contributed by atoms with E-state index in [0.29, 0.717) is 6.61 Å². The van der Waals surface area contributed by atoms with Crippen LogP contribution in [0.25, 0.3) is 11.3 Å². The highest BCUT2D eigenvalue weighted by Gasteiger charge is 2.23. The first-order chi connectivity index (χ1) is 14.1. The van der Waals surface area contributed by atoms with Gasteiger partial charge in [0.2, 0.25) is 0 Å². The molecule has 0 spiro atoms. The van der Waals surface area contributed by atoms with E-state index in [-0.39, 0.29) is 6.10 Å². The Morgan fingerprint density at radius 1 is 1.10 bits per heavy atom. The monoisotopic (exact) mass is 391 g/mol. The summed E-state index contributed by atoms with van der Waals surface area (Å²) in [5.74, 6) is 1.55. The third-order valence-electron chi connectivity index (χ3n) is 5.14. The Morgan fingerprint density at radius 2 is 1.93 bits per heavy atom. The smallest absolute Gasteiger partial charge is 0.161 e. The predicted molar refractivity (Wildman–Crippen MR) is 115 cm³/mol. The van der Waals surface area contributed by atoms with Crippen LogP contribution in [0.5, 0.6) is 11.5 Å².